The van der Waals surface area contributed by atoms with Crippen molar-refractivity contribution in [2.24, 2.45) is 17.8 Å². The average molecular weight is 350 g/mol. The minimum absolute atomic E-state index is 0.278. The largest absolute Gasteiger partial charge is 0.479 e. The highest BCUT2D eigenvalue weighted by atomic mass is 16.5. The van der Waals surface area contributed by atoms with Crippen LogP contribution in [0.15, 0.2) is 24.3 Å². The van der Waals surface area contributed by atoms with Gasteiger partial charge in [-0.1, -0.05) is 50.5 Å². The molecule has 0 aromatic rings. The Bertz CT molecular complexity index is 457. The topological polar surface area (TPSA) is 66.8 Å². The summed E-state index contributed by atoms with van der Waals surface area (Å²) in [6.07, 6.45) is 17.6. The van der Waals surface area contributed by atoms with Crippen LogP contribution in [0, 0.1) is 17.8 Å². The third-order valence-electron chi connectivity index (χ3n) is 5.63. The van der Waals surface area contributed by atoms with E-state index in [4.69, 9.17) is 9.84 Å². The van der Waals surface area contributed by atoms with E-state index in [1.165, 1.54) is 38.5 Å². The normalized spacial score (nSPS) is 29.8. The number of aliphatic hydroxyl groups is 1. The molecular weight excluding hydrogens is 316 g/mol. The molecule has 5 atom stereocenters. The lowest BCUT2D eigenvalue weighted by atomic mass is 9.85. The van der Waals surface area contributed by atoms with Gasteiger partial charge >= 0.3 is 5.97 Å². The van der Waals surface area contributed by atoms with Crippen LogP contribution >= 0.6 is 0 Å². The molecule has 1 saturated heterocycles. The van der Waals surface area contributed by atoms with Gasteiger partial charge in [0.25, 0.3) is 0 Å². The molecule has 4 heteroatoms. The van der Waals surface area contributed by atoms with E-state index >= 15 is 0 Å². The minimum atomic E-state index is -1.25. The number of aliphatic carboxylic acids is 1. The molecule has 0 aromatic carbocycles. The second-order valence-corrected chi connectivity index (χ2v) is 7.52. The van der Waals surface area contributed by atoms with E-state index in [0.717, 1.165) is 13.0 Å². The average Bonchev–Trinajstić information content (AvgIpc) is 3.19. The predicted octanol–water partition coefficient (Wildman–Crippen LogP) is 4.34. The van der Waals surface area contributed by atoms with Gasteiger partial charge in [-0.3, -0.25) is 0 Å². The lowest BCUT2D eigenvalue weighted by Gasteiger charge is -2.28. The third kappa shape index (κ3) is 6.27. The number of rotatable bonds is 12. The molecule has 142 valence electrons. The van der Waals surface area contributed by atoms with Gasteiger partial charge in [-0.05, 0) is 56.3 Å². The van der Waals surface area contributed by atoms with Gasteiger partial charge in [-0.15, -0.1) is 0 Å². The molecule has 1 heterocycles. The Morgan fingerprint density at radius 2 is 2.04 bits per heavy atom. The van der Waals surface area contributed by atoms with Gasteiger partial charge in [-0.2, -0.15) is 0 Å². The van der Waals surface area contributed by atoms with Crippen LogP contribution in [0.3, 0.4) is 0 Å². The van der Waals surface area contributed by atoms with Crippen molar-refractivity contribution >= 4 is 5.97 Å². The molecular formula is C21H34O4. The molecule has 1 aliphatic heterocycles. The fourth-order valence-electron chi connectivity index (χ4n) is 4.15. The molecule has 1 aliphatic carbocycles. The first kappa shape index (κ1) is 20.2. The Balaban J connectivity index is 1.73. The Kier molecular flexibility index (Phi) is 8.70. The zero-order valence-corrected chi connectivity index (χ0v) is 15.5. The van der Waals surface area contributed by atoms with E-state index in [1.54, 1.807) is 0 Å². The maximum absolute atomic E-state index is 10.6. The number of aliphatic hydroxyl groups excluding tert-OH is 1. The fraction of sp³-hybridized carbons (Fsp3) is 0.762. The standard InChI is InChI=1S/C21H34O4/c1-2-3-4-5-6-8-11-17-16-14-20(25-15-16)18(17)12-9-7-10-13-19(22)21(23)24/h7-9,11,16-20,22H,2-6,10,12-15H2,1H3,(H,23,24)/t16-,17+,18-,19+,20-/m1/s1. The summed E-state index contributed by atoms with van der Waals surface area (Å²) in [6.45, 7) is 3.14. The summed E-state index contributed by atoms with van der Waals surface area (Å²) < 4.78 is 5.90. The first-order chi connectivity index (χ1) is 12.1. The monoisotopic (exact) mass is 350 g/mol. The van der Waals surface area contributed by atoms with Crippen LogP contribution in [0.1, 0.15) is 64.7 Å². The Labute approximate surface area is 152 Å². The Morgan fingerprint density at radius 3 is 2.80 bits per heavy atom. The van der Waals surface area contributed by atoms with Crippen molar-refractivity contribution in [1.29, 1.82) is 0 Å². The first-order valence-electron chi connectivity index (χ1n) is 9.97. The van der Waals surface area contributed by atoms with Crippen LogP contribution in [0.2, 0.25) is 0 Å². The van der Waals surface area contributed by atoms with Crippen molar-refractivity contribution in [3.63, 3.8) is 0 Å². The predicted molar refractivity (Wildman–Crippen MR) is 99.4 cm³/mol. The first-order valence-corrected chi connectivity index (χ1v) is 9.97. The Morgan fingerprint density at radius 1 is 1.20 bits per heavy atom. The van der Waals surface area contributed by atoms with Crippen LogP contribution in [0.5, 0.6) is 0 Å². The van der Waals surface area contributed by atoms with Gasteiger partial charge in [0.05, 0.1) is 12.7 Å². The molecule has 0 unspecified atom stereocenters. The van der Waals surface area contributed by atoms with Crippen LogP contribution in [0.4, 0.5) is 0 Å². The Hall–Kier alpha value is -1.13. The maximum atomic E-state index is 10.6. The van der Waals surface area contributed by atoms with Crippen molar-refractivity contribution in [3.8, 4) is 0 Å². The molecule has 0 amide bonds. The number of fused-ring (bicyclic) bond motifs is 2. The minimum Gasteiger partial charge on any atom is -0.479 e. The van der Waals surface area contributed by atoms with Crippen molar-refractivity contribution < 1.29 is 19.7 Å². The van der Waals surface area contributed by atoms with E-state index in [0.29, 0.717) is 30.3 Å². The molecule has 2 N–H and O–H groups in total. The lowest BCUT2D eigenvalue weighted by Crippen LogP contribution is -2.27. The smallest absolute Gasteiger partial charge is 0.332 e. The summed E-state index contributed by atoms with van der Waals surface area (Å²) in [5.74, 6) is 0.702. The molecule has 4 nitrogen and oxygen atoms in total. The molecule has 2 rings (SSSR count). The van der Waals surface area contributed by atoms with E-state index in [9.17, 15) is 9.90 Å². The highest BCUT2D eigenvalue weighted by Crippen LogP contribution is 2.47. The SMILES string of the molecule is CCCCCCC=C[C@H]1[C@H]2CO[C@H](C2)[C@@H]1CC=CCC[C@H](O)C(=O)O. The van der Waals surface area contributed by atoms with E-state index in [-0.39, 0.29) is 6.42 Å². The summed E-state index contributed by atoms with van der Waals surface area (Å²) in [5.41, 5.74) is 0. The van der Waals surface area contributed by atoms with E-state index in [2.05, 4.69) is 25.2 Å². The van der Waals surface area contributed by atoms with Crippen LogP contribution in [0.25, 0.3) is 0 Å². The van der Waals surface area contributed by atoms with Crippen molar-refractivity contribution in [2.75, 3.05) is 6.61 Å². The quantitative estimate of drug-likeness (QED) is 0.406. The molecule has 0 spiro atoms. The number of unbranched alkanes of at least 4 members (excludes halogenated alkanes) is 4. The summed E-state index contributed by atoms with van der Waals surface area (Å²) in [6, 6.07) is 0. The van der Waals surface area contributed by atoms with E-state index in [1.807, 2.05) is 6.08 Å². The van der Waals surface area contributed by atoms with Crippen LogP contribution < -0.4 is 0 Å². The molecule has 2 fully saturated rings. The summed E-state index contributed by atoms with van der Waals surface area (Å²) >= 11 is 0. The van der Waals surface area contributed by atoms with Crippen molar-refractivity contribution in [3.05, 3.63) is 24.3 Å². The zero-order valence-electron chi connectivity index (χ0n) is 15.5. The number of ether oxygens (including phenoxy) is 1. The highest BCUT2D eigenvalue weighted by molar-refractivity contribution is 5.71. The van der Waals surface area contributed by atoms with Gasteiger partial charge < -0.3 is 14.9 Å². The highest BCUT2D eigenvalue weighted by Gasteiger charge is 2.46. The summed E-state index contributed by atoms with van der Waals surface area (Å²) in [4.78, 5) is 10.6. The van der Waals surface area contributed by atoms with Gasteiger partial charge in [0.2, 0.25) is 0 Å². The molecule has 0 radical (unpaired) electrons. The third-order valence-corrected chi connectivity index (χ3v) is 5.63. The molecule has 1 saturated carbocycles. The second-order valence-electron chi connectivity index (χ2n) is 7.52. The van der Waals surface area contributed by atoms with Gasteiger partial charge in [-0.25, -0.2) is 4.79 Å². The molecule has 25 heavy (non-hydrogen) atoms. The zero-order chi connectivity index (χ0) is 18.1. The van der Waals surface area contributed by atoms with Gasteiger partial charge in [0.1, 0.15) is 0 Å². The van der Waals surface area contributed by atoms with Crippen molar-refractivity contribution in [2.45, 2.75) is 76.9 Å². The fourth-order valence-corrected chi connectivity index (χ4v) is 4.15. The molecule has 0 aromatic heterocycles. The second kappa shape index (κ2) is 10.8. The van der Waals surface area contributed by atoms with Gasteiger partial charge in [0.15, 0.2) is 6.10 Å². The number of allylic oxidation sites excluding steroid dienone is 4. The molecule has 2 aliphatic rings. The van der Waals surface area contributed by atoms with Gasteiger partial charge in [0, 0.05) is 0 Å². The lowest BCUT2D eigenvalue weighted by molar-refractivity contribution is -0.146. The van der Waals surface area contributed by atoms with E-state index < -0.39 is 12.1 Å². The molecule has 2 bridgehead atoms. The number of carboxylic acids is 1. The van der Waals surface area contributed by atoms with Crippen molar-refractivity contribution in [1.82, 2.24) is 0 Å². The maximum Gasteiger partial charge on any atom is 0.332 e. The number of hydrogen-bond donors (Lipinski definition) is 2. The van der Waals surface area contributed by atoms with Crippen LogP contribution in [-0.4, -0.2) is 35.0 Å². The number of carbonyl (C=O) groups is 1. The number of carboxylic acid groups (broad SMARTS) is 1. The number of hydrogen-bond acceptors (Lipinski definition) is 3. The summed E-state index contributed by atoms with van der Waals surface area (Å²) in [5, 5.41) is 17.9. The van der Waals surface area contributed by atoms with Crippen LogP contribution in [-0.2, 0) is 9.53 Å². The summed E-state index contributed by atoms with van der Waals surface area (Å²) in [7, 11) is 0.